The Morgan fingerprint density at radius 2 is 2.19 bits per heavy atom. The van der Waals surface area contributed by atoms with Crippen molar-refractivity contribution in [3.63, 3.8) is 0 Å². The number of ether oxygens (including phenoxy) is 1. The van der Waals surface area contributed by atoms with Gasteiger partial charge in [-0.05, 0) is 58.6 Å². The Kier molecular flexibility index (Phi) is 6.62. The van der Waals surface area contributed by atoms with Crippen LogP contribution in [0.25, 0.3) is 0 Å². The molecule has 1 aromatic carbocycles. The molecule has 1 rings (SSSR count). The van der Waals surface area contributed by atoms with E-state index in [2.05, 4.69) is 35.5 Å². The highest BCUT2D eigenvalue weighted by Crippen LogP contribution is 2.28. The van der Waals surface area contributed by atoms with Gasteiger partial charge in [-0.15, -0.1) is 0 Å². The van der Waals surface area contributed by atoms with Gasteiger partial charge in [0.25, 0.3) is 0 Å². The molecule has 0 radical (unpaired) electrons. The summed E-state index contributed by atoms with van der Waals surface area (Å²) in [5.74, 6) is 2.44. The van der Waals surface area contributed by atoms with Crippen molar-refractivity contribution < 1.29 is 4.74 Å². The van der Waals surface area contributed by atoms with Crippen molar-refractivity contribution in [2.24, 2.45) is 5.92 Å². The van der Waals surface area contributed by atoms with Gasteiger partial charge in [0, 0.05) is 5.02 Å². The first kappa shape index (κ1) is 14.2. The Bertz CT molecular complexity index is 333. The molecule has 0 heterocycles. The van der Waals surface area contributed by atoms with E-state index >= 15 is 0 Å². The zero-order valence-corrected chi connectivity index (χ0v) is 12.5. The Labute approximate surface area is 116 Å². The molecule has 0 saturated heterocycles. The maximum atomic E-state index is 5.85. The van der Waals surface area contributed by atoms with Crippen LogP contribution >= 0.6 is 40.2 Å². The van der Waals surface area contributed by atoms with Gasteiger partial charge in [-0.3, -0.25) is 0 Å². The molecule has 0 bridgehead atoms. The lowest BCUT2D eigenvalue weighted by molar-refractivity contribution is 0.281. The van der Waals surface area contributed by atoms with E-state index in [1.165, 1.54) is 0 Å². The minimum Gasteiger partial charge on any atom is -0.492 e. The topological polar surface area (TPSA) is 9.23 Å². The number of benzene rings is 1. The van der Waals surface area contributed by atoms with Crippen LogP contribution in [0.5, 0.6) is 5.75 Å². The molecule has 90 valence electrons. The summed E-state index contributed by atoms with van der Waals surface area (Å²) in [6.45, 7) is 2.95. The third kappa shape index (κ3) is 4.98. The summed E-state index contributed by atoms with van der Waals surface area (Å²) in [4.78, 5) is 0. The first-order valence-electron chi connectivity index (χ1n) is 5.32. The van der Waals surface area contributed by atoms with Crippen molar-refractivity contribution in [3.05, 3.63) is 27.7 Å². The summed E-state index contributed by atoms with van der Waals surface area (Å²) in [5.41, 5.74) is 0. The van der Waals surface area contributed by atoms with Gasteiger partial charge in [0.05, 0.1) is 11.1 Å². The molecular formula is C12H16BrClOS. The minimum atomic E-state index is 0.656. The zero-order chi connectivity index (χ0) is 12.0. The summed E-state index contributed by atoms with van der Waals surface area (Å²) in [7, 11) is 0. The SMILES string of the molecule is CC(CCS)CCOc1ccc(Cl)cc1Br. The standard InChI is InChI=1S/C12H16BrClOS/c1-9(5-7-16)4-6-15-12-3-2-10(14)8-11(12)13/h2-3,8-9,16H,4-7H2,1H3. The second-order valence-electron chi connectivity index (χ2n) is 3.83. The van der Waals surface area contributed by atoms with Crippen molar-refractivity contribution in [2.75, 3.05) is 12.4 Å². The van der Waals surface area contributed by atoms with Crippen LogP contribution in [0.3, 0.4) is 0 Å². The van der Waals surface area contributed by atoms with Gasteiger partial charge >= 0.3 is 0 Å². The molecule has 0 amide bonds. The van der Waals surface area contributed by atoms with Crippen LogP contribution in [0.4, 0.5) is 0 Å². The first-order valence-corrected chi connectivity index (χ1v) is 7.12. The summed E-state index contributed by atoms with van der Waals surface area (Å²) in [6.07, 6.45) is 2.18. The van der Waals surface area contributed by atoms with Crippen LogP contribution < -0.4 is 4.74 Å². The quantitative estimate of drug-likeness (QED) is 0.738. The molecule has 0 fully saturated rings. The van der Waals surface area contributed by atoms with Gasteiger partial charge in [0.2, 0.25) is 0 Å². The fraction of sp³-hybridized carbons (Fsp3) is 0.500. The van der Waals surface area contributed by atoms with Crippen molar-refractivity contribution in [3.8, 4) is 5.75 Å². The van der Waals surface area contributed by atoms with E-state index in [1.54, 1.807) is 0 Å². The summed E-state index contributed by atoms with van der Waals surface area (Å²) < 4.78 is 6.58. The van der Waals surface area contributed by atoms with Crippen LogP contribution in [0, 0.1) is 5.92 Å². The van der Waals surface area contributed by atoms with E-state index in [-0.39, 0.29) is 0 Å². The van der Waals surface area contributed by atoms with E-state index in [0.29, 0.717) is 10.9 Å². The van der Waals surface area contributed by atoms with Crippen molar-refractivity contribution in [1.29, 1.82) is 0 Å². The fourth-order valence-electron chi connectivity index (χ4n) is 1.33. The highest BCUT2D eigenvalue weighted by Gasteiger charge is 2.04. The first-order chi connectivity index (χ1) is 7.63. The second-order valence-corrected chi connectivity index (χ2v) is 5.57. The molecule has 1 nitrogen and oxygen atoms in total. The molecule has 0 N–H and O–H groups in total. The predicted octanol–water partition coefficient (Wildman–Crippen LogP) is 4.83. The fourth-order valence-corrected chi connectivity index (χ4v) is 2.56. The average Bonchev–Trinajstić information content (AvgIpc) is 2.22. The van der Waals surface area contributed by atoms with Crippen LogP contribution in [0.2, 0.25) is 5.02 Å². The second kappa shape index (κ2) is 7.46. The lowest BCUT2D eigenvalue weighted by atomic mass is 10.1. The number of hydrogen-bond donors (Lipinski definition) is 1. The molecule has 0 aromatic heterocycles. The number of hydrogen-bond acceptors (Lipinski definition) is 2. The van der Waals surface area contributed by atoms with Crippen molar-refractivity contribution >= 4 is 40.2 Å². The van der Waals surface area contributed by atoms with Crippen LogP contribution in [0.15, 0.2) is 22.7 Å². The highest BCUT2D eigenvalue weighted by atomic mass is 79.9. The van der Waals surface area contributed by atoms with E-state index in [1.807, 2.05) is 18.2 Å². The monoisotopic (exact) mass is 322 g/mol. The van der Waals surface area contributed by atoms with Crippen molar-refractivity contribution in [1.82, 2.24) is 0 Å². The Morgan fingerprint density at radius 3 is 2.81 bits per heavy atom. The van der Waals surface area contributed by atoms with Gasteiger partial charge in [0.1, 0.15) is 5.75 Å². The maximum absolute atomic E-state index is 5.85. The zero-order valence-electron chi connectivity index (χ0n) is 9.25. The predicted molar refractivity (Wildman–Crippen MR) is 76.9 cm³/mol. The number of halogens is 2. The molecule has 0 aliphatic carbocycles. The molecule has 1 unspecified atom stereocenters. The van der Waals surface area contributed by atoms with Crippen LogP contribution in [-0.4, -0.2) is 12.4 Å². The average molecular weight is 324 g/mol. The third-order valence-corrected chi connectivity index (χ3v) is 3.50. The highest BCUT2D eigenvalue weighted by molar-refractivity contribution is 9.10. The third-order valence-electron chi connectivity index (χ3n) is 2.38. The molecule has 1 aromatic rings. The minimum absolute atomic E-state index is 0.656. The van der Waals surface area contributed by atoms with Crippen LogP contribution in [-0.2, 0) is 0 Å². The van der Waals surface area contributed by atoms with Gasteiger partial charge in [0.15, 0.2) is 0 Å². The largest absolute Gasteiger partial charge is 0.492 e. The van der Waals surface area contributed by atoms with Crippen molar-refractivity contribution in [2.45, 2.75) is 19.8 Å². The van der Waals surface area contributed by atoms with Crippen LogP contribution in [0.1, 0.15) is 19.8 Å². The van der Waals surface area contributed by atoms with Gasteiger partial charge in [-0.2, -0.15) is 12.6 Å². The maximum Gasteiger partial charge on any atom is 0.133 e. The van der Waals surface area contributed by atoms with Gasteiger partial charge < -0.3 is 4.74 Å². The van der Waals surface area contributed by atoms with E-state index in [4.69, 9.17) is 16.3 Å². The van der Waals surface area contributed by atoms with Gasteiger partial charge in [-0.25, -0.2) is 0 Å². The molecule has 0 aliphatic heterocycles. The summed E-state index contributed by atoms with van der Waals surface area (Å²) >= 11 is 13.5. The normalized spacial score (nSPS) is 12.5. The molecule has 0 spiro atoms. The molecule has 0 saturated carbocycles. The molecule has 0 aliphatic rings. The summed E-state index contributed by atoms with van der Waals surface area (Å²) in [5, 5.41) is 0.711. The lowest BCUT2D eigenvalue weighted by Crippen LogP contribution is -2.05. The lowest BCUT2D eigenvalue weighted by Gasteiger charge is -2.12. The molecule has 1 atom stereocenters. The van der Waals surface area contributed by atoms with Gasteiger partial charge in [-0.1, -0.05) is 18.5 Å². The number of thiol groups is 1. The molecule has 16 heavy (non-hydrogen) atoms. The Morgan fingerprint density at radius 1 is 1.44 bits per heavy atom. The molecule has 4 heteroatoms. The Hall–Kier alpha value is 0.140. The van der Waals surface area contributed by atoms with E-state index in [9.17, 15) is 0 Å². The molecular weight excluding hydrogens is 308 g/mol. The summed E-state index contributed by atoms with van der Waals surface area (Å²) in [6, 6.07) is 5.56. The number of rotatable bonds is 6. The Balaban J connectivity index is 2.37. The van der Waals surface area contributed by atoms with E-state index in [0.717, 1.165) is 35.4 Å². The van der Waals surface area contributed by atoms with E-state index < -0.39 is 0 Å². The smallest absolute Gasteiger partial charge is 0.133 e.